The van der Waals surface area contributed by atoms with Gasteiger partial charge in [0.2, 0.25) is 5.78 Å². The number of amides is 1. The van der Waals surface area contributed by atoms with Gasteiger partial charge >= 0.3 is 0 Å². The van der Waals surface area contributed by atoms with E-state index in [1.54, 1.807) is 48.8 Å². The Hall–Kier alpha value is -3.49. The van der Waals surface area contributed by atoms with Gasteiger partial charge in [-0.25, -0.2) is 4.98 Å². The second kappa shape index (κ2) is 7.08. The number of fused-ring (bicyclic) bond motifs is 1. The number of thiazole rings is 1. The van der Waals surface area contributed by atoms with E-state index >= 15 is 0 Å². The van der Waals surface area contributed by atoms with Crippen molar-refractivity contribution < 1.29 is 19.1 Å². The average molecular weight is 438 g/mol. The van der Waals surface area contributed by atoms with E-state index in [9.17, 15) is 14.7 Å². The number of ketones is 1. The summed E-state index contributed by atoms with van der Waals surface area (Å²) < 4.78 is 5.99. The topological polar surface area (TPSA) is 96.5 Å². The Bertz CT molecular complexity index is 1310. The van der Waals surface area contributed by atoms with Gasteiger partial charge in [0.15, 0.2) is 16.7 Å². The minimum Gasteiger partial charge on any atom is -0.503 e. The van der Waals surface area contributed by atoms with Crippen LogP contribution >= 0.6 is 22.9 Å². The Morgan fingerprint density at radius 2 is 2.00 bits per heavy atom. The molecule has 0 spiro atoms. The van der Waals surface area contributed by atoms with E-state index < -0.39 is 23.5 Å². The van der Waals surface area contributed by atoms with E-state index in [0.717, 1.165) is 4.70 Å². The number of carbonyl (C=O) groups is 2. The number of pyridine rings is 1. The molecule has 1 atom stereocenters. The lowest BCUT2D eigenvalue weighted by molar-refractivity contribution is -0.117. The lowest BCUT2D eigenvalue weighted by Gasteiger charge is -2.24. The molecule has 7 nitrogen and oxygen atoms in total. The van der Waals surface area contributed by atoms with Crippen LogP contribution in [0.3, 0.4) is 0 Å². The van der Waals surface area contributed by atoms with Gasteiger partial charge in [-0.2, -0.15) is 0 Å². The number of anilines is 1. The third-order valence-electron chi connectivity index (χ3n) is 4.76. The molecule has 1 unspecified atom stereocenters. The summed E-state index contributed by atoms with van der Waals surface area (Å²) in [5, 5.41) is 11.6. The zero-order valence-electron chi connectivity index (χ0n) is 15.2. The summed E-state index contributed by atoms with van der Waals surface area (Å²) in [5.41, 5.74) is 1.19. The number of hydrogen-bond acceptors (Lipinski definition) is 7. The molecule has 0 fully saturated rings. The van der Waals surface area contributed by atoms with E-state index in [4.69, 9.17) is 16.0 Å². The maximum Gasteiger partial charge on any atom is 0.296 e. The molecule has 5 rings (SSSR count). The standard InChI is InChI=1S/C21H12ClN3O4S/c22-12-3-4-13-15(10-12)30-21(24-13)25-17(11-5-7-23-8-6-11)16(19(27)20(25)28)18(26)14-2-1-9-29-14/h1-10,17,27H. The van der Waals surface area contributed by atoms with Crippen molar-refractivity contribution in [3.63, 3.8) is 0 Å². The molecule has 0 saturated heterocycles. The van der Waals surface area contributed by atoms with Crippen LogP contribution in [0.1, 0.15) is 22.2 Å². The first-order valence-electron chi connectivity index (χ1n) is 8.85. The number of nitrogens with zero attached hydrogens (tertiary/aromatic N) is 3. The Morgan fingerprint density at radius 1 is 1.20 bits per heavy atom. The highest BCUT2D eigenvalue weighted by molar-refractivity contribution is 7.22. The van der Waals surface area contributed by atoms with Gasteiger partial charge in [0.05, 0.1) is 28.1 Å². The fraction of sp³-hybridized carbons (Fsp3) is 0.0476. The molecular formula is C21H12ClN3O4S. The first kappa shape index (κ1) is 18.5. The lowest BCUT2D eigenvalue weighted by atomic mass is 9.96. The van der Waals surface area contributed by atoms with Crippen LogP contribution in [0.25, 0.3) is 10.2 Å². The molecule has 0 aliphatic carbocycles. The number of benzene rings is 1. The molecule has 0 bridgehead atoms. The normalized spacial score (nSPS) is 16.6. The quantitative estimate of drug-likeness (QED) is 0.464. The number of carbonyl (C=O) groups excluding carboxylic acids is 2. The SMILES string of the molecule is O=C(C1=C(O)C(=O)N(c2nc3ccc(Cl)cc3s2)C1c1ccncc1)c1ccco1. The number of aliphatic hydroxyl groups excluding tert-OH is 1. The third kappa shape index (κ3) is 2.89. The molecule has 1 amide bonds. The van der Waals surface area contributed by atoms with Crippen molar-refractivity contribution >= 4 is 50.0 Å². The van der Waals surface area contributed by atoms with E-state index in [1.165, 1.54) is 28.6 Å². The van der Waals surface area contributed by atoms with Crippen molar-refractivity contribution in [3.8, 4) is 0 Å². The molecule has 1 N–H and O–H groups in total. The maximum absolute atomic E-state index is 13.1. The molecule has 3 aromatic heterocycles. The molecule has 148 valence electrons. The number of aromatic nitrogens is 2. The van der Waals surface area contributed by atoms with Crippen molar-refractivity contribution in [3.05, 3.63) is 88.8 Å². The van der Waals surface area contributed by atoms with E-state index in [0.29, 0.717) is 21.2 Å². The van der Waals surface area contributed by atoms with Crippen LogP contribution in [0.5, 0.6) is 0 Å². The van der Waals surface area contributed by atoms with Crippen LogP contribution in [0.2, 0.25) is 5.02 Å². The Labute approximate surface area is 178 Å². The fourth-order valence-electron chi connectivity index (χ4n) is 3.43. The maximum atomic E-state index is 13.1. The second-order valence-electron chi connectivity index (χ2n) is 6.54. The van der Waals surface area contributed by atoms with Gasteiger partial charge in [-0.05, 0) is 48.0 Å². The fourth-order valence-corrected chi connectivity index (χ4v) is 4.69. The highest BCUT2D eigenvalue weighted by Crippen LogP contribution is 2.44. The summed E-state index contributed by atoms with van der Waals surface area (Å²) in [6.45, 7) is 0. The number of Topliss-reactive ketones (excluding diaryl/α,β-unsaturated/α-hetero) is 1. The zero-order chi connectivity index (χ0) is 20.8. The summed E-state index contributed by atoms with van der Waals surface area (Å²) in [6, 6.07) is 10.8. The molecule has 4 aromatic rings. The van der Waals surface area contributed by atoms with E-state index in [-0.39, 0.29) is 11.3 Å². The summed E-state index contributed by atoms with van der Waals surface area (Å²) in [6.07, 6.45) is 4.47. The molecule has 1 aliphatic heterocycles. The average Bonchev–Trinajstić information content (AvgIpc) is 3.47. The van der Waals surface area contributed by atoms with Gasteiger partial charge in [0.25, 0.3) is 5.91 Å². The van der Waals surface area contributed by atoms with Gasteiger partial charge in [-0.3, -0.25) is 19.5 Å². The first-order valence-corrected chi connectivity index (χ1v) is 10.0. The lowest BCUT2D eigenvalue weighted by Crippen LogP contribution is -2.30. The molecule has 0 radical (unpaired) electrons. The number of halogens is 1. The molecule has 9 heteroatoms. The van der Waals surface area contributed by atoms with Crippen LogP contribution in [-0.2, 0) is 4.79 Å². The summed E-state index contributed by atoms with van der Waals surface area (Å²) in [5.74, 6) is -1.88. The summed E-state index contributed by atoms with van der Waals surface area (Å²) >= 11 is 7.32. The van der Waals surface area contributed by atoms with Crippen molar-refractivity contribution in [2.45, 2.75) is 6.04 Å². The number of aliphatic hydroxyl groups is 1. The van der Waals surface area contributed by atoms with E-state index in [1.807, 2.05) is 0 Å². The summed E-state index contributed by atoms with van der Waals surface area (Å²) in [4.78, 5) is 36.0. The van der Waals surface area contributed by atoms with Crippen LogP contribution in [-0.4, -0.2) is 26.8 Å². The predicted molar refractivity (Wildman–Crippen MR) is 112 cm³/mol. The number of hydrogen-bond donors (Lipinski definition) is 1. The molecule has 1 aliphatic rings. The van der Waals surface area contributed by atoms with Gasteiger partial charge in [-0.1, -0.05) is 22.9 Å². The smallest absolute Gasteiger partial charge is 0.296 e. The van der Waals surface area contributed by atoms with Crippen molar-refractivity contribution in [2.24, 2.45) is 0 Å². The molecular weight excluding hydrogens is 426 g/mol. The Morgan fingerprint density at radius 3 is 2.73 bits per heavy atom. The van der Waals surface area contributed by atoms with Gasteiger partial charge in [0, 0.05) is 17.4 Å². The molecule has 4 heterocycles. The number of rotatable bonds is 4. The van der Waals surface area contributed by atoms with Crippen LogP contribution in [0.4, 0.5) is 5.13 Å². The van der Waals surface area contributed by atoms with Crippen molar-refractivity contribution in [1.82, 2.24) is 9.97 Å². The highest BCUT2D eigenvalue weighted by Gasteiger charge is 2.46. The van der Waals surface area contributed by atoms with Gasteiger partial charge < -0.3 is 9.52 Å². The van der Waals surface area contributed by atoms with Crippen molar-refractivity contribution in [2.75, 3.05) is 4.90 Å². The highest BCUT2D eigenvalue weighted by atomic mass is 35.5. The molecule has 1 aromatic carbocycles. The van der Waals surface area contributed by atoms with Crippen molar-refractivity contribution in [1.29, 1.82) is 0 Å². The monoisotopic (exact) mass is 437 g/mol. The van der Waals surface area contributed by atoms with Crippen LogP contribution in [0.15, 0.2) is 76.9 Å². The Kier molecular flexibility index (Phi) is 4.38. The third-order valence-corrected chi connectivity index (χ3v) is 6.02. The summed E-state index contributed by atoms with van der Waals surface area (Å²) in [7, 11) is 0. The Balaban J connectivity index is 1.68. The van der Waals surface area contributed by atoms with Crippen LogP contribution in [0, 0.1) is 0 Å². The number of furan rings is 1. The van der Waals surface area contributed by atoms with Gasteiger partial charge in [0.1, 0.15) is 0 Å². The minimum atomic E-state index is -0.880. The minimum absolute atomic E-state index is 0.0290. The molecule has 30 heavy (non-hydrogen) atoms. The van der Waals surface area contributed by atoms with Gasteiger partial charge in [-0.15, -0.1) is 0 Å². The second-order valence-corrected chi connectivity index (χ2v) is 7.98. The van der Waals surface area contributed by atoms with Crippen LogP contribution < -0.4 is 4.90 Å². The van der Waals surface area contributed by atoms with E-state index in [2.05, 4.69) is 9.97 Å². The molecule has 0 saturated carbocycles. The zero-order valence-corrected chi connectivity index (χ0v) is 16.7. The predicted octanol–water partition coefficient (Wildman–Crippen LogP) is 4.72. The first-order chi connectivity index (χ1) is 14.5. The largest absolute Gasteiger partial charge is 0.503 e.